The Morgan fingerprint density at radius 3 is 2.91 bits per heavy atom. The molecule has 1 nitrogen and oxygen atoms in total. The summed E-state index contributed by atoms with van der Waals surface area (Å²) in [4.78, 5) is 11.1. The van der Waals surface area contributed by atoms with Crippen LogP contribution in [0.2, 0.25) is 0 Å². The molecule has 1 aromatic rings. The molecule has 0 heterocycles. The summed E-state index contributed by atoms with van der Waals surface area (Å²) in [6, 6.07) is 5.84. The number of thiol groups is 1. The van der Waals surface area contributed by atoms with Gasteiger partial charge in [0, 0.05) is 11.3 Å². The molecule has 0 saturated carbocycles. The molecule has 0 bridgehead atoms. The molecule has 0 fully saturated rings. The summed E-state index contributed by atoms with van der Waals surface area (Å²) < 4.78 is 0. The van der Waals surface area contributed by atoms with Gasteiger partial charge in [-0.05, 0) is 18.1 Å². The average molecular weight is 166 g/mol. The van der Waals surface area contributed by atoms with E-state index in [1.807, 2.05) is 25.1 Å². The van der Waals surface area contributed by atoms with Gasteiger partial charge < -0.3 is 4.79 Å². The maximum atomic E-state index is 10.2. The van der Waals surface area contributed by atoms with Crippen LogP contribution in [0.25, 0.3) is 0 Å². The highest BCUT2D eigenvalue weighted by molar-refractivity contribution is 7.80. The van der Waals surface area contributed by atoms with Crippen molar-refractivity contribution in [3.05, 3.63) is 29.3 Å². The lowest BCUT2D eigenvalue weighted by Gasteiger charge is -2.02. The summed E-state index contributed by atoms with van der Waals surface area (Å²) in [5.74, 6) is 0. The average Bonchev–Trinajstić information content (AvgIpc) is 1.99. The van der Waals surface area contributed by atoms with Gasteiger partial charge >= 0.3 is 0 Å². The Morgan fingerprint density at radius 2 is 2.27 bits per heavy atom. The van der Waals surface area contributed by atoms with E-state index in [-0.39, 0.29) is 0 Å². The number of rotatable bonds is 2. The molecular formula is C9H10OS. The minimum Gasteiger partial charge on any atom is -0.303 e. The van der Waals surface area contributed by atoms with Gasteiger partial charge in [0.1, 0.15) is 6.29 Å². The summed E-state index contributed by atoms with van der Waals surface area (Å²) in [7, 11) is 0. The second-order valence-electron chi connectivity index (χ2n) is 2.45. The van der Waals surface area contributed by atoms with Gasteiger partial charge in [-0.25, -0.2) is 0 Å². The fraction of sp³-hybridized carbons (Fsp3) is 0.222. The van der Waals surface area contributed by atoms with E-state index in [2.05, 4.69) is 12.6 Å². The molecule has 0 aliphatic heterocycles. The molecule has 0 amide bonds. The number of carbonyl (C=O) groups excluding carboxylic acids is 1. The standard InChI is InChI=1S/C9H10OS/c1-7-3-2-4-8(5-6-10)9(7)11/h2-4,6,11H,5H2,1H3. The number of hydrogen-bond donors (Lipinski definition) is 1. The second kappa shape index (κ2) is 3.58. The van der Waals surface area contributed by atoms with Gasteiger partial charge in [-0.15, -0.1) is 12.6 Å². The maximum absolute atomic E-state index is 10.2. The van der Waals surface area contributed by atoms with E-state index in [1.54, 1.807) is 0 Å². The van der Waals surface area contributed by atoms with Crippen LogP contribution in [0.3, 0.4) is 0 Å². The number of benzene rings is 1. The van der Waals surface area contributed by atoms with Gasteiger partial charge in [0.25, 0.3) is 0 Å². The Kier molecular flexibility index (Phi) is 2.71. The van der Waals surface area contributed by atoms with E-state index < -0.39 is 0 Å². The lowest BCUT2D eigenvalue weighted by molar-refractivity contribution is -0.107. The van der Waals surface area contributed by atoms with Gasteiger partial charge in [0.05, 0.1) is 0 Å². The molecule has 11 heavy (non-hydrogen) atoms. The van der Waals surface area contributed by atoms with Crippen molar-refractivity contribution in [3.8, 4) is 0 Å². The van der Waals surface area contributed by atoms with E-state index in [1.165, 1.54) is 0 Å². The summed E-state index contributed by atoms with van der Waals surface area (Å²) in [5.41, 5.74) is 2.12. The first-order valence-corrected chi connectivity index (χ1v) is 3.91. The third-order valence-electron chi connectivity index (χ3n) is 1.62. The SMILES string of the molecule is Cc1cccc(CC=O)c1S. The Morgan fingerprint density at radius 1 is 1.55 bits per heavy atom. The minimum absolute atomic E-state index is 0.459. The van der Waals surface area contributed by atoms with Crippen LogP contribution in [-0.4, -0.2) is 6.29 Å². The fourth-order valence-corrected chi connectivity index (χ4v) is 1.21. The number of carbonyl (C=O) groups is 1. The summed E-state index contributed by atoms with van der Waals surface area (Å²) >= 11 is 4.29. The molecular weight excluding hydrogens is 156 g/mol. The van der Waals surface area contributed by atoms with Crippen LogP contribution in [0.4, 0.5) is 0 Å². The molecule has 0 N–H and O–H groups in total. The van der Waals surface area contributed by atoms with Gasteiger partial charge in [0.2, 0.25) is 0 Å². The van der Waals surface area contributed by atoms with Gasteiger partial charge in [-0.1, -0.05) is 18.2 Å². The maximum Gasteiger partial charge on any atom is 0.124 e. The Hall–Kier alpha value is -0.760. The predicted octanol–water partition coefficient (Wildman–Crippen LogP) is 2.03. The zero-order valence-corrected chi connectivity index (χ0v) is 7.27. The van der Waals surface area contributed by atoms with Crippen LogP contribution in [-0.2, 0) is 11.2 Å². The lowest BCUT2D eigenvalue weighted by Crippen LogP contribution is -1.89. The van der Waals surface area contributed by atoms with E-state index in [4.69, 9.17) is 0 Å². The number of aldehydes is 1. The van der Waals surface area contributed by atoms with Crippen molar-refractivity contribution in [1.29, 1.82) is 0 Å². The molecule has 0 aliphatic carbocycles. The van der Waals surface area contributed by atoms with Crippen molar-refractivity contribution in [3.63, 3.8) is 0 Å². The zero-order chi connectivity index (χ0) is 8.27. The number of aryl methyl sites for hydroxylation is 1. The van der Waals surface area contributed by atoms with Gasteiger partial charge in [-0.3, -0.25) is 0 Å². The van der Waals surface area contributed by atoms with Crippen molar-refractivity contribution < 1.29 is 4.79 Å². The third kappa shape index (κ3) is 1.84. The van der Waals surface area contributed by atoms with Crippen LogP contribution in [0.15, 0.2) is 23.1 Å². The summed E-state index contributed by atoms with van der Waals surface area (Å²) in [5, 5.41) is 0. The van der Waals surface area contributed by atoms with Crippen LogP contribution < -0.4 is 0 Å². The highest BCUT2D eigenvalue weighted by atomic mass is 32.1. The second-order valence-corrected chi connectivity index (χ2v) is 2.90. The molecule has 58 valence electrons. The first-order chi connectivity index (χ1) is 5.25. The third-order valence-corrected chi connectivity index (χ3v) is 2.26. The van der Waals surface area contributed by atoms with Crippen molar-refractivity contribution in [1.82, 2.24) is 0 Å². The molecule has 1 aromatic carbocycles. The van der Waals surface area contributed by atoms with Gasteiger partial charge in [-0.2, -0.15) is 0 Å². The first kappa shape index (κ1) is 8.34. The summed E-state index contributed by atoms with van der Waals surface area (Å²) in [6.45, 7) is 1.98. The molecule has 0 atom stereocenters. The normalized spacial score (nSPS) is 9.64. The largest absolute Gasteiger partial charge is 0.303 e. The van der Waals surface area contributed by atoms with Crippen LogP contribution in [0.1, 0.15) is 11.1 Å². The van der Waals surface area contributed by atoms with Crippen molar-refractivity contribution in [2.45, 2.75) is 18.2 Å². The molecule has 0 aromatic heterocycles. The lowest BCUT2D eigenvalue weighted by atomic mass is 10.1. The topological polar surface area (TPSA) is 17.1 Å². The zero-order valence-electron chi connectivity index (χ0n) is 6.37. The van der Waals surface area contributed by atoms with Crippen molar-refractivity contribution in [2.75, 3.05) is 0 Å². The van der Waals surface area contributed by atoms with E-state index in [0.717, 1.165) is 22.3 Å². The predicted molar refractivity (Wildman–Crippen MR) is 48.2 cm³/mol. The van der Waals surface area contributed by atoms with Crippen LogP contribution in [0, 0.1) is 6.92 Å². The van der Waals surface area contributed by atoms with Crippen molar-refractivity contribution >= 4 is 18.9 Å². The van der Waals surface area contributed by atoms with Gasteiger partial charge in [0.15, 0.2) is 0 Å². The van der Waals surface area contributed by atoms with E-state index in [9.17, 15) is 4.79 Å². The molecule has 0 aliphatic rings. The highest BCUT2D eigenvalue weighted by Gasteiger charge is 1.98. The smallest absolute Gasteiger partial charge is 0.124 e. The monoisotopic (exact) mass is 166 g/mol. The Labute approximate surface area is 71.8 Å². The molecule has 2 heteroatoms. The number of hydrogen-bond acceptors (Lipinski definition) is 2. The summed E-state index contributed by atoms with van der Waals surface area (Å²) in [6.07, 6.45) is 1.36. The Bertz CT molecular complexity index is 268. The molecule has 1 rings (SSSR count). The first-order valence-electron chi connectivity index (χ1n) is 3.47. The van der Waals surface area contributed by atoms with E-state index >= 15 is 0 Å². The van der Waals surface area contributed by atoms with Crippen molar-refractivity contribution in [2.24, 2.45) is 0 Å². The minimum atomic E-state index is 0.459. The highest BCUT2D eigenvalue weighted by Crippen LogP contribution is 2.17. The fourth-order valence-electron chi connectivity index (χ4n) is 0.974. The molecule has 0 unspecified atom stereocenters. The van der Waals surface area contributed by atoms with Crippen LogP contribution in [0.5, 0.6) is 0 Å². The van der Waals surface area contributed by atoms with E-state index in [0.29, 0.717) is 6.42 Å². The molecule has 0 spiro atoms. The quantitative estimate of drug-likeness (QED) is 0.525. The Balaban J connectivity index is 3.05. The molecule has 0 radical (unpaired) electrons. The molecule has 0 saturated heterocycles. The van der Waals surface area contributed by atoms with Crippen LogP contribution >= 0.6 is 12.6 Å².